The standard InChI is InChI=1S/C21H25N3OS/c1-24-16-3-4-17(24)9-13(8-16)10-20(25)21(23)18-5-2-14(11-19(18)22)15-6-7-26-12-15/h2,5-7,11-13,16-17,23H,3-4,8-10,22H2,1H3. The van der Waals surface area contributed by atoms with E-state index in [1.807, 2.05) is 29.6 Å². The number of hydrogen-bond acceptors (Lipinski definition) is 5. The van der Waals surface area contributed by atoms with Crippen molar-refractivity contribution < 1.29 is 4.79 Å². The lowest BCUT2D eigenvalue weighted by molar-refractivity contribution is -0.114. The molecule has 2 saturated heterocycles. The lowest BCUT2D eigenvalue weighted by atomic mass is 9.85. The Bertz CT molecular complexity index is 816. The van der Waals surface area contributed by atoms with Crippen LogP contribution in [0.1, 0.15) is 37.7 Å². The van der Waals surface area contributed by atoms with Crippen molar-refractivity contribution in [3.63, 3.8) is 0 Å². The third-order valence-corrected chi connectivity index (χ3v) is 6.81. The van der Waals surface area contributed by atoms with Crippen molar-refractivity contribution in [2.45, 2.75) is 44.2 Å². The maximum atomic E-state index is 12.7. The van der Waals surface area contributed by atoms with Crippen LogP contribution in [-0.4, -0.2) is 35.5 Å². The van der Waals surface area contributed by atoms with Crippen molar-refractivity contribution in [3.8, 4) is 11.1 Å². The van der Waals surface area contributed by atoms with E-state index in [4.69, 9.17) is 11.1 Å². The van der Waals surface area contributed by atoms with Gasteiger partial charge in [0.25, 0.3) is 0 Å². The van der Waals surface area contributed by atoms with E-state index in [2.05, 4.69) is 17.3 Å². The molecule has 2 atom stereocenters. The van der Waals surface area contributed by atoms with Gasteiger partial charge in [0.2, 0.25) is 0 Å². The van der Waals surface area contributed by atoms with Crippen LogP contribution in [-0.2, 0) is 4.79 Å². The van der Waals surface area contributed by atoms with Crippen molar-refractivity contribution in [2.75, 3.05) is 12.8 Å². The second-order valence-electron chi connectivity index (χ2n) is 7.70. The first kappa shape index (κ1) is 17.4. The fraction of sp³-hybridized carbons (Fsp3) is 0.429. The largest absolute Gasteiger partial charge is 0.398 e. The summed E-state index contributed by atoms with van der Waals surface area (Å²) in [5.74, 6) is 0.330. The molecular weight excluding hydrogens is 342 g/mol. The predicted molar refractivity (Wildman–Crippen MR) is 108 cm³/mol. The van der Waals surface area contributed by atoms with E-state index in [-0.39, 0.29) is 11.5 Å². The van der Waals surface area contributed by atoms with Gasteiger partial charge in [-0.1, -0.05) is 12.1 Å². The monoisotopic (exact) mass is 367 g/mol. The number of nitrogens with two attached hydrogens (primary N) is 1. The Kier molecular flexibility index (Phi) is 4.67. The third-order valence-electron chi connectivity index (χ3n) is 6.12. The summed E-state index contributed by atoms with van der Waals surface area (Å²) in [4.78, 5) is 15.2. The minimum atomic E-state index is -0.0751. The highest BCUT2D eigenvalue weighted by atomic mass is 32.1. The predicted octanol–water partition coefficient (Wildman–Crippen LogP) is 4.20. The number of nitrogens with zero attached hydrogens (tertiary/aromatic N) is 1. The second kappa shape index (κ2) is 6.97. The van der Waals surface area contributed by atoms with Gasteiger partial charge >= 0.3 is 0 Å². The lowest BCUT2D eigenvalue weighted by Crippen LogP contribution is -2.40. The highest BCUT2D eigenvalue weighted by Crippen LogP contribution is 2.39. The van der Waals surface area contributed by atoms with Crippen LogP contribution in [0.4, 0.5) is 5.69 Å². The van der Waals surface area contributed by atoms with E-state index in [0.717, 1.165) is 24.0 Å². The summed E-state index contributed by atoms with van der Waals surface area (Å²) in [6.07, 6.45) is 5.14. The quantitative estimate of drug-likeness (QED) is 0.615. The van der Waals surface area contributed by atoms with Crippen LogP contribution in [0, 0.1) is 11.3 Å². The first-order valence-electron chi connectivity index (χ1n) is 9.29. The lowest BCUT2D eigenvalue weighted by Gasteiger charge is -2.36. The average molecular weight is 368 g/mol. The van der Waals surface area contributed by atoms with Gasteiger partial charge < -0.3 is 10.6 Å². The minimum absolute atomic E-state index is 0.0608. The first-order chi connectivity index (χ1) is 12.5. The van der Waals surface area contributed by atoms with Crippen molar-refractivity contribution in [2.24, 2.45) is 5.92 Å². The van der Waals surface area contributed by atoms with Crippen LogP contribution in [0.2, 0.25) is 0 Å². The number of hydrogen-bond donors (Lipinski definition) is 2. The molecule has 4 rings (SSSR count). The van der Waals surface area contributed by atoms with E-state index in [1.54, 1.807) is 11.3 Å². The van der Waals surface area contributed by atoms with Gasteiger partial charge in [0.05, 0.1) is 0 Å². The summed E-state index contributed by atoms with van der Waals surface area (Å²) in [6, 6.07) is 8.93. The Labute approximate surface area is 158 Å². The summed E-state index contributed by atoms with van der Waals surface area (Å²) >= 11 is 1.64. The number of anilines is 1. The molecule has 26 heavy (non-hydrogen) atoms. The maximum absolute atomic E-state index is 12.7. The molecule has 2 fully saturated rings. The van der Waals surface area contributed by atoms with E-state index in [0.29, 0.717) is 35.7 Å². The number of thiophene rings is 1. The molecule has 2 aliphatic heterocycles. The topological polar surface area (TPSA) is 70.2 Å². The molecule has 0 radical (unpaired) electrons. The molecule has 3 N–H and O–H groups in total. The zero-order valence-corrected chi connectivity index (χ0v) is 15.9. The normalized spacial score (nSPS) is 25.3. The van der Waals surface area contributed by atoms with Gasteiger partial charge in [-0.15, -0.1) is 0 Å². The molecule has 0 amide bonds. The van der Waals surface area contributed by atoms with Gasteiger partial charge in [0.1, 0.15) is 5.71 Å². The molecule has 0 spiro atoms. The van der Waals surface area contributed by atoms with Crippen molar-refractivity contribution in [3.05, 3.63) is 40.6 Å². The Morgan fingerprint density at radius 3 is 2.58 bits per heavy atom. The van der Waals surface area contributed by atoms with Crippen LogP contribution in [0.3, 0.4) is 0 Å². The van der Waals surface area contributed by atoms with Gasteiger partial charge in [0, 0.05) is 29.8 Å². The molecule has 136 valence electrons. The SMILES string of the molecule is CN1C2CCC1CC(CC(=O)C(=N)c1ccc(-c3ccsc3)cc1N)C2. The average Bonchev–Trinajstić information content (AvgIpc) is 3.21. The number of nitrogens with one attached hydrogen (secondary N) is 1. The number of ketones is 1. The summed E-state index contributed by atoms with van der Waals surface area (Å²) in [6.45, 7) is 0. The summed E-state index contributed by atoms with van der Waals surface area (Å²) < 4.78 is 0. The number of rotatable bonds is 5. The fourth-order valence-corrected chi connectivity index (χ4v) is 5.27. The Balaban J connectivity index is 1.45. The Hall–Kier alpha value is -1.98. The van der Waals surface area contributed by atoms with Crippen molar-refractivity contribution in [1.29, 1.82) is 5.41 Å². The molecule has 2 bridgehead atoms. The number of benzene rings is 1. The number of piperidine rings is 1. The molecule has 1 aromatic carbocycles. The van der Waals surface area contributed by atoms with E-state index in [1.165, 1.54) is 12.8 Å². The van der Waals surface area contributed by atoms with Crippen molar-refractivity contribution >= 4 is 28.5 Å². The van der Waals surface area contributed by atoms with Crippen molar-refractivity contribution in [1.82, 2.24) is 4.90 Å². The molecule has 2 aromatic rings. The molecule has 2 aliphatic rings. The molecule has 3 heterocycles. The minimum Gasteiger partial charge on any atom is -0.398 e. The molecule has 0 saturated carbocycles. The summed E-state index contributed by atoms with van der Waals surface area (Å²) in [7, 11) is 2.21. The Morgan fingerprint density at radius 1 is 1.23 bits per heavy atom. The van der Waals surface area contributed by atoms with Gasteiger partial charge in [-0.25, -0.2) is 0 Å². The fourth-order valence-electron chi connectivity index (χ4n) is 4.60. The zero-order chi connectivity index (χ0) is 18.3. The first-order valence-corrected chi connectivity index (χ1v) is 10.2. The van der Waals surface area contributed by atoms with Crippen LogP contribution in [0.25, 0.3) is 11.1 Å². The van der Waals surface area contributed by atoms with E-state index < -0.39 is 0 Å². The number of carbonyl (C=O) groups excluding carboxylic acids is 1. The van der Waals surface area contributed by atoms with E-state index >= 15 is 0 Å². The highest BCUT2D eigenvalue weighted by Gasteiger charge is 2.39. The molecule has 4 nitrogen and oxygen atoms in total. The van der Waals surface area contributed by atoms with Crippen LogP contribution >= 0.6 is 11.3 Å². The van der Waals surface area contributed by atoms with Gasteiger partial charge in [0.15, 0.2) is 5.78 Å². The molecule has 1 aromatic heterocycles. The van der Waals surface area contributed by atoms with Crippen LogP contribution in [0.15, 0.2) is 35.0 Å². The van der Waals surface area contributed by atoms with Gasteiger partial charge in [-0.3, -0.25) is 10.2 Å². The Morgan fingerprint density at radius 2 is 1.96 bits per heavy atom. The van der Waals surface area contributed by atoms with Gasteiger partial charge in [-0.2, -0.15) is 11.3 Å². The van der Waals surface area contributed by atoms with Crippen LogP contribution in [0.5, 0.6) is 0 Å². The van der Waals surface area contributed by atoms with Gasteiger partial charge in [-0.05, 0) is 72.7 Å². The maximum Gasteiger partial charge on any atom is 0.181 e. The summed E-state index contributed by atoms with van der Waals surface area (Å²) in [5.41, 5.74) is 9.45. The highest BCUT2D eigenvalue weighted by molar-refractivity contribution is 7.08. The number of nitrogen functional groups attached to an aromatic ring is 1. The number of carbonyl (C=O) groups is 1. The van der Waals surface area contributed by atoms with Crippen LogP contribution < -0.4 is 5.73 Å². The molecule has 0 aliphatic carbocycles. The number of fused-ring (bicyclic) bond motifs is 2. The smallest absolute Gasteiger partial charge is 0.181 e. The number of Topliss-reactive ketones (excluding diaryl/α,β-unsaturated/α-hetero) is 1. The summed E-state index contributed by atoms with van der Waals surface area (Å²) in [5, 5.41) is 12.5. The van der Waals surface area contributed by atoms with E-state index in [9.17, 15) is 4.79 Å². The molecular formula is C21H25N3OS. The molecule has 5 heteroatoms. The second-order valence-corrected chi connectivity index (χ2v) is 8.48. The zero-order valence-electron chi connectivity index (χ0n) is 15.1. The molecule has 2 unspecified atom stereocenters. The third kappa shape index (κ3) is 3.21.